The lowest BCUT2D eigenvalue weighted by Gasteiger charge is -2.10. The highest BCUT2D eigenvalue weighted by Gasteiger charge is 2.08. The van der Waals surface area contributed by atoms with Crippen molar-refractivity contribution in [1.82, 2.24) is 15.0 Å². The zero-order chi connectivity index (χ0) is 14.7. The van der Waals surface area contributed by atoms with Crippen LogP contribution in [0.15, 0.2) is 18.2 Å². The van der Waals surface area contributed by atoms with Crippen molar-refractivity contribution in [2.45, 2.75) is 26.9 Å². The molecule has 106 valence electrons. The molecule has 0 unspecified atom stereocenters. The van der Waals surface area contributed by atoms with Crippen molar-refractivity contribution in [3.8, 4) is 6.01 Å². The molecule has 1 heterocycles. The van der Waals surface area contributed by atoms with Crippen LogP contribution in [-0.4, -0.2) is 21.1 Å². The Morgan fingerprint density at radius 2 is 1.95 bits per heavy atom. The minimum atomic E-state index is -0.341. The van der Waals surface area contributed by atoms with E-state index in [9.17, 15) is 4.39 Å². The van der Waals surface area contributed by atoms with Crippen molar-refractivity contribution < 1.29 is 9.13 Å². The molecule has 0 bridgehead atoms. The van der Waals surface area contributed by atoms with Crippen LogP contribution in [0.3, 0.4) is 0 Å². The molecular formula is C13H14ClFN4O. The molecule has 7 heteroatoms. The van der Waals surface area contributed by atoms with E-state index in [1.165, 1.54) is 12.1 Å². The largest absolute Gasteiger partial charge is 0.461 e. The molecule has 0 atom stereocenters. The molecule has 0 radical (unpaired) electrons. The Bertz CT molecular complexity index is 601. The molecule has 1 N–H and O–H groups in total. The number of anilines is 2. The van der Waals surface area contributed by atoms with Gasteiger partial charge in [0, 0.05) is 5.69 Å². The lowest BCUT2D eigenvalue weighted by molar-refractivity contribution is 0.222. The summed E-state index contributed by atoms with van der Waals surface area (Å²) in [7, 11) is 0. The first-order valence-corrected chi connectivity index (χ1v) is 6.42. The van der Waals surface area contributed by atoms with Crippen LogP contribution in [-0.2, 0) is 0 Å². The van der Waals surface area contributed by atoms with Crippen molar-refractivity contribution >= 4 is 23.2 Å². The van der Waals surface area contributed by atoms with Gasteiger partial charge in [-0.05, 0) is 56.1 Å². The highest BCUT2D eigenvalue weighted by atomic mass is 35.5. The van der Waals surface area contributed by atoms with E-state index in [-0.39, 0.29) is 29.2 Å². The third-order valence-corrected chi connectivity index (χ3v) is 2.40. The predicted molar refractivity (Wildman–Crippen MR) is 75.0 cm³/mol. The number of hydrogen-bond donors (Lipinski definition) is 1. The SMILES string of the molecule is Cc1cc(F)cc(Nc2nc(Cl)nc(OC(C)C)n2)c1. The van der Waals surface area contributed by atoms with Gasteiger partial charge in [0.1, 0.15) is 5.82 Å². The monoisotopic (exact) mass is 296 g/mol. The molecule has 1 aromatic heterocycles. The Labute approximate surface area is 121 Å². The van der Waals surface area contributed by atoms with Gasteiger partial charge in [-0.3, -0.25) is 0 Å². The van der Waals surface area contributed by atoms with Gasteiger partial charge in [0.25, 0.3) is 0 Å². The number of nitrogens with zero attached hydrogens (tertiary/aromatic N) is 3. The molecule has 0 saturated heterocycles. The van der Waals surface area contributed by atoms with Crippen molar-refractivity contribution in [1.29, 1.82) is 0 Å². The minimum Gasteiger partial charge on any atom is -0.461 e. The zero-order valence-corrected chi connectivity index (χ0v) is 12.1. The Kier molecular flexibility index (Phi) is 4.34. The van der Waals surface area contributed by atoms with Gasteiger partial charge in [0.2, 0.25) is 11.2 Å². The molecule has 2 aromatic rings. The number of halogens is 2. The summed E-state index contributed by atoms with van der Waals surface area (Å²) in [6.07, 6.45) is -0.0854. The molecule has 2 rings (SSSR count). The van der Waals surface area contributed by atoms with Gasteiger partial charge >= 0.3 is 6.01 Å². The standard InChI is InChI=1S/C13H14ClFN4O/c1-7(2)20-13-18-11(14)17-12(19-13)16-10-5-8(3)4-9(15)6-10/h4-7H,1-3H3,(H,16,17,18,19). The van der Waals surface area contributed by atoms with Crippen LogP contribution in [0.2, 0.25) is 5.28 Å². The Morgan fingerprint density at radius 3 is 2.60 bits per heavy atom. The van der Waals surface area contributed by atoms with Gasteiger partial charge in [-0.2, -0.15) is 15.0 Å². The third-order valence-electron chi connectivity index (χ3n) is 2.23. The summed E-state index contributed by atoms with van der Waals surface area (Å²) >= 11 is 5.81. The van der Waals surface area contributed by atoms with E-state index >= 15 is 0 Å². The quantitative estimate of drug-likeness (QED) is 0.935. The lowest BCUT2D eigenvalue weighted by atomic mass is 10.2. The van der Waals surface area contributed by atoms with Crippen molar-refractivity contribution in [2.24, 2.45) is 0 Å². The first kappa shape index (κ1) is 14.5. The summed E-state index contributed by atoms with van der Waals surface area (Å²) in [5, 5.41) is 2.88. The molecule has 0 aliphatic heterocycles. The van der Waals surface area contributed by atoms with Crippen LogP contribution >= 0.6 is 11.6 Å². The number of benzene rings is 1. The minimum absolute atomic E-state index is 0.00581. The smallest absolute Gasteiger partial charge is 0.322 e. The first-order chi connectivity index (χ1) is 9.42. The number of rotatable bonds is 4. The molecule has 5 nitrogen and oxygen atoms in total. The van der Waals surface area contributed by atoms with Gasteiger partial charge in [0.15, 0.2) is 0 Å². The first-order valence-electron chi connectivity index (χ1n) is 6.05. The normalized spacial score (nSPS) is 10.7. The fourth-order valence-electron chi connectivity index (χ4n) is 1.59. The van der Waals surface area contributed by atoms with Crippen LogP contribution in [0.4, 0.5) is 16.0 Å². The molecule has 0 aliphatic rings. The number of aryl methyl sites for hydroxylation is 1. The van der Waals surface area contributed by atoms with Gasteiger partial charge in [0.05, 0.1) is 6.10 Å². The number of nitrogens with one attached hydrogen (secondary N) is 1. The highest BCUT2D eigenvalue weighted by molar-refractivity contribution is 6.28. The predicted octanol–water partition coefficient (Wildman–Crippen LogP) is 3.50. The van der Waals surface area contributed by atoms with Crippen LogP contribution in [0.1, 0.15) is 19.4 Å². The Hall–Kier alpha value is -1.95. The molecule has 1 aromatic carbocycles. The maximum Gasteiger partial charge on any atom is 0.322 e. The molecule has 20 heavy (non-hydrogen) atoms. The molecule has 0 saturated carbocycles. The number of aromatic nitrogens is 3. The maximum atomic E-state index is 13.3. The van der Waals surface area contributed by atoms with Crippen LogP contribution < -0.4 is 10.1 Å². The second-order valence-corrected chi connectivity index (χ2v) is 4.86. The Morgan fingerprint density at radius 1 is 1.20 bits per heavy atom. The highest BCUT2D eigenvalue weighted by Crippen LogP contribution is 2.19. The van der Waals surface area contributed by atoms with Crippen LogP contribution in [0.25, 0.3) is 0 Å². The van der Waals surface area contributed by atoms with E-state index < -0.39 is 0 Å². The average Bonchev–Trinajstić information content (AvgIpc) is 2.24. The molecular weight excluding hydrogens is 283 g/mol. The van der Waals surface area contributed by atoms with Gasteiger partial charge in [-0.1, -0.05) is 0 Å². The maximum absolute atomic E-state index is 13.3. The topological polar surface area (TPSA) is 59.9 Å². The molecule has 0 spiro atoms. The summed E-state index contributed by atoms with van der Waals surface area (Å²) in [4.78, 5) is 11.8. The van der Waals surface area contributed by atoms with Gasteiger partial charge < -0.3 is 10.1 Å². The lowest BCUT2D eigenvalue weighted by Crippen LogP contribution is -2.10. The summed E-state index contributed by atoms with van der Waals surface area (Å²) < 4.78 is 18.7. The van der Waals surface area contributed by atoms with Crippen molar-refractivity contribution in [2.75, 3.05) is 5.32 Å². The van der Waals surface area contributed by atoms with Crippen LogP contribution in [0.5, 0.6) is 6.01 Å². The van der Waals surface area contributed by atoms with Crippen molar-refractivity contribution in [3.05, 3.63) is 34.9 Å². The van der Waals surface area contributed by atoms with Crippen molar-refractivity contribution in [3.63, 3.8) is 0 Å². The fourth-order valence-corrected chi connectivity index (χ4v) is 1.74. The molecule has 0 aliphatic carbocycles. The number of ether oxygens (including phenoxy) is 1. The van der Waals surface area contributed by atoms with E-state index in [4.69, 9.17) is 16.3 Å². The second-order valence-electron chi connectivity index (χ2n) is 4.52. The van der Waals surface area contributed by atoms with E-state index in [2.05, 4.69) is 20.3 Å². The summed E-state index contributed by atoms with van der Waals surface area (Å²) in [6.45, 7) is 5.49. The second kappa shape index (κ2) is 6.00. The molecule has 0 fully saturated rings. The van der Waals surface area contributed by atoms with Crippen LogP contribution in [0, 0.1) is 12.7 Å². The number of hydrogen-bond acceptors (Lipinski definition) is 5. The van der Waals surface area contributed by atoms with E-state index in [0.29, 0.717) is 5.69 Å². The third kappa shape index (κ3) is 4.03. The van der Waals surface area contributed by atoms with E-state index in [0.717, 1.165) is 5.56 Å². The zero-order valence-electron chi connectivity index (χ0n) is 11.3. The summed E-state index contributed by atoms with van der Waals surface area (Å²) in [5.74, 6) is -0.142. The molecule has 0 amide bonds. The average molecular weight is 297 g/mol. The Balaban J connectivity index is 2.26. The van der Waals surface area contributed by atoms with E-state index in [1.54, 1.807) is 13.0 Å². The van der Waals surface area contributed by atoms with E-state index in [1.807, 2.05) is 13.8 Å². The summed E-state index contributed by atoms with van der Waals surface area (Å²) in [6, 6.07) is 4.66. The fraction of sp³-hybridized carbons (Fsp3) is 0.308. The van der Waals surface area contributed by atoms with Gasteiger partial charge in [-0.25, -0.2) is 4.39 Å². The summed E-state index contributed by atoms with van der Waals surface area (Å²) in [5.41, 5.74) is 1.31. The van der Waals surface area contributed by atoms with Gasteiger partial charge in [-0.15, -0.1) is 0 Å².